The number of furan rings is 1. The molecule has 0 fully saturated rings. The van der Waals surface area contributed by atoms with Gasteiger partial charge in [0.05, 0.1) is 5.69 Å². The predicted molar refractivity (Wildman–Crippen MR) is 72.8 cm³/mol. The Morgan fingerprint density at radius 1 is 1.30 bits per heavy atom. The lowest BCUT2D eigenvalue weighted by Gasteiger charge is -2.19. The van der Waals surface area contributed by atoms with Gasteiger partial charge in [-0.3, -0.25) is 4.79 Å². The third kappa shape index (κ3) is 2.16. The van der Waals surface area contributed by atoms with Crippen LogP contribution in [0.15, 0.2) is 28.7 Å². The van der Waals surface area contributed by atoms with Crippen LogP contribution in [0.4, 0.5) is 5.69 Å². The summed E-state index contributed by atoms with van der Waals surface area (Å²) in [6.07, 6.45) is -0.795. The molecule has 104 valence electrons. The highest BCUT2D eigenvalue weighted by Crippen LogP contribution is 2.34. The van der Waals surface area contributed by atoms with E-state index in [0.717, 1.165) is 11.3 Å². The number of aliphatic hydroxyl groups is 1. The molecule has 0 bridgehead atoms. The zero-order valence-electron chi connectivity index (χ0n) is 11.3. The Hall–Kier alpha value is -2.27. The number of aryl methyl sites for hydroxylation is 2. The molecule has 1 aromatic heterocycles. The number of aliphatic hydroxyl groups excluding tert-OH is 1. The number of nitrogens with one attached hydrogen (secondary N) is 1. The molecule has 5 heteroatoms. The van der Waals surface area contributed by atoms with Crippen LogP contribution in [0, 0.1) is 13.8 Å². The maximum absolute atomic E-state index is 11.3. The Bertz CT molecular complexity index is 675. The fourth-order valence-corrected chi connectivity index (χ4v) is 2.37. The maximum atomic E-state index is 11.3. The summed E-state index contributed by atoms with van der Waals surface area (Å²) in [5.41, 5.74) is 1.99. The average Bonchev–Trinajstić information content (AvgIpc) is 2.76. The van der Waals surface area contributed by atoms with Crippen molar-refractivity contribution in [3.05, 3.63) is 46.9 Å². The molecular weight excluding hydrogens is 258 g/mol. The molecule has 0 radical (unpaired) electrons. The Morgan fingerprint density at radius 3 is 2.80 bits per heavy atom. The zero-order valence-corrected chi connectivity index (χ0v) is 11.3. The largest absolute Gasteiger partial charge is 0.482 e. The number of benzene rings is 1. The van der Waals surface area contributed by atoms with E-state index in [1.165, 1.54) is 0 Å². The summed E-state index contributed by atoms with van der Waals surface area (Å²) in [5.74, 6) is 1.86. The fraction of sp³-hybridized carbons (Fsp3) is 0.267. The predicted octanol–water partition coefficient (Wildman–Crippen LogP) is 2.31. The van der Waals surface area contributed by atoms with Gasteiger partial charge in [-0.15, -0.1) is 0 Å². The van der Waals surface area contributed by atoms with Crippen molar-refractivity contribution in [2.75, 3.05) is 11.9 Å². The van der Waals surface area contributed by atoms with Gasteiger partial charge in [0.2, 0.25) is 0 Å². The Balaban J connectivity index is 1.96. The number of carbonyl (C=O) groups excluding carboxylic acids is 1. The molecule has 0 aliphatic carbocycles. The van der Waals surface area contributed by atoms with Crippen molar-refractivity contribution in [1.29, 1.82) is 0 Å². The van der Waals surface area contributed by atoms with Crippen LogP contribution in [0.5, 0.6) is 5.75 Å². The highest BCUT2D eigenvalue weighted by molar-refractivity contribution is 5.95. The van der Waals surface area contributed by atoms with Gasteiger partial charge < -0.3 is 19.6 Å². The van der Waals surface area contributed by atoms with Gasteiger partial charge in [-0.05, 0) is 37.6 Å². The molecule has 3 rings (SSSR count). The molecule has 2 heterocycles. The van der Waals surface area contributed by atoms with E-state index < -0.39 is 6.10 Å². The summed E-state index contributed by atoms with van der Waals surface area (Å²) in [6.45, 7) is 3.67. The van der Waals surface area contributed by atoms with Crippen molar-refractivity contribution in [1.82, 2.24) is 0 Å². The minimum absolute atomic E-state index is 0.0228. The van der Waals surface area contributed by atoms with Crippen LogP contribution in [0.3, 0.4) is 0 Å². The Labute approximate surface area is 116 Å². The highest BCUT2D eigenvalue weighted by Gasteiger charge is 2.21. The molecule has 1 aliphatic rings. The first kappa shape index (κ1) is 12.7. The molecule has 0 spiro atoms. The molecule has 5 nitrogen and oxygen atoms in total. The number of amides is 1. The molecule has 1 aliphatic heterocycles. The van der Waals surface area contributed by atoms with Gasteiger partial charge in [0.1, 0.15) is 23.4 Å². The molecule has 0 saturated carbocycles. The van der Waals surface area contributed by atoms with E-state index in [1.807, 2.05) is 19.9 Å². The monoisotopic (exact) mass is 273 g/mol. The minimum atomic E-state index is -0.795. The van der Waals surface area contributed by atoms with Gasteiger partial charge >= 0.3 is 0 Å². The summed E-state index contributed by atoms with van der Waals surface area (Å²) >= 11 is 0. The van der Waals surface area contributed by atoms with Crippen LogP contribution in [0.25, 0.3) is 0 Å². The first-order chi connectivity index (χ1) is 9.54. The van der Waals surface area contributed by atoms with E-state index >= 15 is 0 Å². The lowest BCUT2D eigenvalue weighted by molar-refractivity contribution is -0.118. The lowest BCUT2D eigenvalue weighted by atomic mass is 10.0. The van der Waals surface area contributed by atoms with E-state index in [-0.39, 0.29) is 12.5 Å². The molecular formula is C15H15NO4. The van der Waals surface area contributed by atoms with Gasteiger partial charge in [-0.25, -0.2) is 0 Å². The van der Waals surface area contributed by atoms with Crippen molar-refractivity contribution < 1.29 is 19.1 Å². The van der Waals surface area contributed by atoms with E-state index in [4.69, 9.17) is 9.15 Å². The first-order valence-corrected chi connectivity index (χ1v) is 6.36. The van der Waals surface area contributed by atoms with Crippen molar-refractivity contribution in [2.24, 2.45) is 0 Å². The number of hydrogen-bond acceptors (Lipinski definition) is 4. The summed E-state index contributed by atoms with van der Waals surface area (Å²) in [6, 6.07) is 7.06. The SMILES string of the molecule is Cc1cc(C(O)c2ccc3c(c2)NC(=O)CO3)c(C)o1. The Morgan fingerprint density at radius 2 is 2.10 bits per heavy atom. The second-order valence-electron chi connectivity index (χ2n) is 4.86. The number of carbonyl (C=O) groups is 1. The second kappa shape index (κ2) is 4.68. The average molecular weight is 273 g/mol. The van der Waals surface area contributed by atoms with Crippen LogP contribution < -0.4 is 10.1 Å². The number of anilines is 1. The van der Waals surface area contributed by atoms with Crippen LogP contribution in [-0.2, 0) is 4.79 Å². The number of ether oxygens (including phenoxy) is 1. The van der Waals surface area contributed by atoms with Gasteiger partial charge in [-0.2, -0.15) is 0 Å². The van der Waals surface area contributed by atoms with Crippen molar-refractivity contribution in [3.8, 4) is 5.75 Å². The van der Waals surface area contributed by atoms with Crippen LogP contribution in [0.2, 0.25) is 0 Å². The maximum Gasteiger partial charge on any atom is 0.262 e. The molecule has 2 aromatic rings. The van der Waals surface area contributed by atoms with Crippen LogP contribution in [0.1, 0.15) is 28.8 Å². The minimum Gasteiger partial charge on any atom is -0.482 e. The van der Waals surface area contributed by atoms with Crippen LogP contribution >= 0.6 is 0 Å². The summed E-state index contributed by atoms with van der Waals surface area (Å²) in [4.78, 5) is 11.3. The van der Waals surface area contributed by atoms with Gasteiger partial charge in [0.25, 0.3) is 5.91 Å². The van der Waals surface area contributed by atoms with E-state index in [0.29, 0.717) is 22.8 Å². The van der Waals surface area contributed by atoms with Gasteiger partial charge in [-0.1, -0.05) is 6.07 Å². The summed E-state index contributed by atoms with van der Waals surface area (Å²) in [5, 5.41) is 13.2. The molecule has 0 saturated heterocycles. The second-order valence-corrected chi connectivity index (χ2v) is 4.86. The first-order valence-electron chi connectivity index (χ1n) is 6.36. The van der Waals surface area contributed by atoms with Crippen molar-refractivity contribution in [2.45, 2.75) is 20.0 Å². The highest BCUT2D eigenvalue weighted by atomic mass is 16.5. The molecule has 1 unspecified atom stereocenters. The molecule has 1 aromatic carbocycles. The van der Waals surface area contributed by atoms with Gasteiger partial charge in [0.15, 0.2) is 6.61 Å². The Kier molecular flexibility index (Phi) is 2.99. The standard InChI is InChI=1S/C15H15NO4/c1-8-5-11(9(2)20-8)15(18)10-3-4-13-12(6-10)16-14(17)7-19-13/h3-6,15,18H,7H2,1-2H3,(H,16,17). The molecule has 2 N–H and O–H groups in total. The summed E-state index contributed by atoms with van der Waals surface area (Å²) in [7, 11) is 0. The fourth-order valence-electron chi connectivity index (χ4n) is 2.37. The number of hydrogen-bond donors (Lipinski definition) is 2. The van der Waals surface area contributed by atoms with E-state index in [1.54, 1.807) is 18.2 Å². The molecule has 1 atom stereocenters. The quantitative estimate of drug-likeness (QED) is 0.880. The number of fused-ring (bicyclic) bond motifs is 1. The van der Waals surface area contributed by atoms with Crippen molar-refractivity contribution >= 4 is 11.6 Å². The third-order valence-corrected chi connectivity index (χ3v) is 3.33. The van der Waals surface area contributed by atoms with E-state index in [9.17, 15) is 9.90 Å². The molecule has 1 amide bonds. The van der Waals surface area contributed by atoms with Crippen molar-refractivity contribution in [3.63, 3.8) is 0 Å². The van der Waals surface area contributed by atoms with E-state index in [2.05, 4.69) is 5.32 Å². The zero-order chi connectivity index (χ0) is 14.3. The topological polar surface area (TPSA) is 71.7 Å². The molecule has 20 heavy (non-hydrogen) atoms. The normalized spacial score (nSPS) is 15.2. The van der Waals surface area contributed by atoms with Crippen LogP contribution in [-0.4, -0.2) is 17.6 Å². The smallest absolute Gasteiger partial charge is 0.262 e. The summed E-state index contributed by atoms with van der Waals surface area (Å²) < 4.78 is 10.7. The number of rotatable bonds is 2. The van der Waals surface area contributed by atoms with Gasteiger partial charge in [0, 0.05) is 5.56 Å². The third-order valence-electron chi connectivity index (χ3n) is 3.33. The lowest BCUT2D eigenvalue weighted by Crippen LogP contribution is -2.25.